The van der Waals surface area contributed by atoms with Crippen molar-refractivity contribution in [3.63, 3.8) is 0 Å². The van der Waals surface area contributed by atoms with E-state index in [1.165, 1.54) is 25.1 Å². The van der Waals surface area contributed by atoms with E-state index in [9.17, 15) is 9.18 Å². The summed E-state index contributed by atoms with van der Waals surface area (Å²) in [5.41, 5.74) is 1.17. The summed E-state index contributed by atoms with van der Waals surface area (Å²) in [6, 6.07) is 4.17. The molecule has 1 aromatic rings. The maximum atomic E-state index is 13.0. The molecule has 0 amide bonds. The summed E-state index contributed by atoms with van der Waals surface area (Å²) in [7, 11) is 1.82. The lowest BCUT2D eigenvalue weighted by molar-refractivity contribution is 0.101. The van der Waals surface area contributed by atoms with Crippen LogP contribution >= 0.6 is 0 Å². The molecule has 0 radical (unpaired) electrons. The minimum atomic E-state index is -0.330. The van der Waals surface area contributed by atoms with Crippen molar-refractivity contribution in [2.24, 2.45) is 0 Å². The van der Waals surface area contributed by atoms with Gasteiger partial charge in [0, 0.05) is 12.1 Å². The lowest BCUT2D eigenvalue weighted by Gasteiger charge is -2.02. The average Bonchev–Trinajstić information content (AvgIpc) is 2.18. The van der Waals surface area contributed by atoms with Crippen molar-refractivity contribution in [1.29, 1.82) is 0 Å². The molecule has 0 spiro atoms. The second-order valence-electron chi connectivity index (χ2n) is 3.25. The lowest BCUT2D eigenvalue weighted by Crippen LogP contribution is -2.04. The van der Waals surface area contributed by atoms with Crippen LogP contribution in [0.3, 0.4) is 0 Å². The van der Waals surface area contributed by atoms with Crippen LogP contribution < -0.4 is 5.32 Å². The first-order valence-corrected chi connectivity index (χ1v) is 4.76. The maximum absolute atomic E-state index is 13.0. The third-order valence-electron chi connectivity index (χ3n) is 2.01. The molecule has 80 valence electrons. The molecule has 0 unspecified atom stereocenters. The third kappa shape index (κ3) is 3.29. The molecule has 0 saturated carbocycles. The number of nitrogens with one attached hydrogen (secondary N) is 1. The van der Waals surface area contributed by atoms with Gasteiger partial charge in [0.05, 0.1) is 0 Å². The highest BCUT2D eigenvalue weighted by Crippen LogP contribution is 2.13. The zero-order chi connectivity index (χ0) is 11.3. The molecule has 0 heterocycles. The van der Waals surface area contributed by atoms with E-state index in [1.807, 2.05) is 13.1 Å². The summed E-state index contributed by atoms with van der Waals surface area (Å²) in [4.78, 5) is 11.2. The van der Waals surface area contributed by atoms with Gasteiger partial charge in [-0.25, -0.2) is 4.39 Å². The Hall–Kier alpha value is -1.48. The van der Waals surface area contributed by atoms with Gasteiger partial charge in [-0.05, 0) is 37.7 Å². The molecule has 2 nitrogen and oxygen atoms in total. The van der Waals surface area contributed by atoms with E-state index >= 15 is 0 Å². The molecule has 0 aliphatic carbocycles. The molecule has 0 bridgehead atoms. The van der Waals surface area contributed by atoms with Gasteiger partial charge in [0.2, 0.25) is 0 Å². The number of hydrogen-bond donors (Lipinski definition) is 1. The molecule has 1 aromatic carbocycles. The van der Waals surface area contributed by atoms with E-state index in [0.717, 1.165) is 0 Å². The first-order valence-electron chi connectivity index (χ1n) is 4.76. The van der Waals surface area contributed by atoms with Gasteiger partial charge in [0.1, 0.15) is 5.82 Å². The lowest BCUT2D eigenvalue weighted by atomic mass is 10.0. The van der Waals surface area contributed by atoms with E-state index < -0.39 is 0 Å². The fourth-order valence-electron chi connectivity index (χ4n) is 1.30. The predicted molar refractivity (Wildman–Crippen MR) is 59.4 cm³/mol. The molecule has 0 saturated heterocycles. The van der Waals surface area contributed by atoms with Crippen molar-refractivity contribution in [2.75, 3.05) is 13.6 Å². The molecule has 0 aliphatic rings. The zero-order valence-corrected chi connectivity index (χ0v) is 8.88. The number of ketones is 1. The number of carbonyl (C=O) groups is 1. The van der Waals surface area contributed by atoms with Crippen molar-refractivity contribution in [2.45, 2.75) is 6.92 Å². The first kappa shape index (κ1) is 11.6. The second-order valence-corrected chi connectivity index (χ2v) is 3.25. The Morgan fingerprint density at radius 2 is 2.27 bits per heavy atom. The molecule has 0 aromatic heterocycles. The fraction of sp³-hybridized carbons (Fsp3) is 0.250. The fourth-order valence-corrected chi connectivity index (χ4v) is 1.30. The van der Waals surface area contributed by atoms with Gasteiger partial charge in [0.15, 0.2) is 5.78 Å². The average molecular weight is 207 g/mol. The Balaban J connectivity index is 3.02. The highest BCUT2D eigenvalue weighted by atomic mass is 19.1. The highest BCUT2D eigenvalue weighted by molar-refractivity contribution is 5.97. The minimum absolute atomic E-state index is 0.0564. The SMILES string of the molecule is CNCC=Cc1cc(F)ccc1C(C)=O. The number of carbonyl (C=O) groups excluding carboxylic acids is 1. The van der Waals surface area contributed by atoms with Crippen LogP contribution in [0.15, 0.2) is 24.3 Å². The number of halogens is 1. The molecule has 3 heteroatoms. The summed E-state index contributed by atoms with van der Waals surface area (Å²) in [6.45, 7) is 2.16. The van der Waals surface area contributed by atoms with Crippen molar-refractivity contribution in [1.82, 2.24) is 5.32 Å². The van der Waals surface area contributed by atoms with Gasteiger partial charge in [-0.2, -0.15) is 0 Å². The Labute approximate surface area is 88.8 Å². The van der Waals surface area contributed by atoms with Gasteiger partial charge in [-0.3, -0.25) is 4.79 Å². The summed E-state index contributed by atoms with van der Waals surface area (Å²) >= 11 is 0. The Bertz CT molecular complexity index is 385. The monoisotopic (exact) mass is 207 g/mol. The summed E-state index contributed by atoms with van der Waals surface area (Å²) < 4.78 is 13.0. The normalized spacial score (nSPS) is 10.9. The second kappa shape index (κ2) is 5.41. The van der Waals surface area contributed by atoms with Gasteiger partial charge in [-0.1, -0.05) is 12.2 Å². The molecular formula is C12H14FNO. The van der Waals surface area contributed by atoms with Crippen molar-refractivity contribution in [3.8, 4) is 0 Å². The van der Waals surface area contributed by atoms with E-state index in [2.05, 4.69) is 5.32 Å². The minimum Gasteiger partial charge on any atom is -0.316 e. The summed E-state index contributed by atoms with van der Waals surface area (Å²) in [6.07, 6.45) is 3.59. The van der Waals surface area contributed by atoms with E-state index in [4.69, 9.17) is 0 Å². The van der Waals surface area contributed by atoms with E-state index in [-0.39, 0.29) is 11.6 Å². The van der Waals surface area contributed by atoms with Crippen molar-refractivity contribution in [3.05, 3.63) is 41.2 Å². The van der Waals surface area contributed by atoms with Crippen LogP contribution in [-0.4, -0.2) is 19.4 Å². The Kier molecular flexibility index (Phi) is 4.18. The smallest absolute Gasteiger partial charge is 0.160 e. The third-order valence-corrected chi connectivity index (χ3v) is 2.01. The van der Waals surface area contributed by atoms with Gasteiger partial charge in [0.25, 0.3) is 0 Å². The molecule has 0 fully saturated rings. The quantitative estimate of drug-likeness (QED) is 0.767. The zero-order valence-electron chi connectivity index (χ0n) is 8.88. The van der Waals surface area contributed by atoms with Crippen LogP contribution in [0.25, 0.3) is 6.08 Å². The number of hydrogen-bond acceptors (Lipinski definition) is 2. The maximum Gasteiger partial charge on any atom is 0.160 e. The van der Waals surface area contributed by atoms with Crippen LogP contribution in [0.4, 0.5) is 4.39 Å². The molecule has 0 aliphatic heterocycles. The van der Waals surface area contributed by atoms with Crippen LogP contribution in [0.2, 0.25) is 0 Å². The summed E-state index contributed by atoms with van der Waals surface area (Å²) in [5, 5.41) is 2.94. The number of rotatable bonds is 4. The Morgan fingerprint density at radius 1 is 1.53 bits per heavy atom. The van der Waals surface area contributed by atoms with Crippen LogP contribution in [-0.2, 0) is 0 Å². The van der Waals surface area contributed by atoms with Crippen LogP contribution in [0, 0.1) is 5.82 Å². The van der Waals surface area contributed by atoms with E-state index in [1.54, 1.807) is 6.08 Å². The number of benzene rings is 1. The van der Waals surface area contributed by atoms with Gasteiger partial charge in [-0.15, -0.1) is 0 Å². The predicted octanol–water partition coefficient (Wildman–Crippen LogP) is 2.26. The number of Topliss-reactive ketones (excluding diaryl/α,β-unsaturated/α-hetero) is 1. The molecular weight excluding hydrogens is 193 g/mol. The Morgan fingerprint density at radius 3 is 2.87 bits per heavy atom. The molecule has 15 heavy (non-hydrogen) atoms. The highest BCUT2D eigenvalue weighted by Gasteiger charge is 2.05. The van der Waals surface area contributed by atoms with Crippen molar-refractivity contribution >= 4 is 11.9 Å². The summed E-state index contributed by atoms with van der Waals surface area (Å²) in [5.74, 6) is -0.386. The van der Waals surface area contributed by atoms with Gasteiger partial charge < -0.3 is 5.32 Å². The largest absolute Gasteiger partial charge is 0.316 e. The molecule has 0 atom stereocenters. The van der Waals surface area contributed by atoms with E-state index in [0.29, 0.717) is 17.7 Å². The topological polar surface area (TPSA) is 29.1 Å². The number of likely N-dealkylation sites (N-methyl/N-ethyl adjacent to an activating group) is 1. The first-order chi connectivity index (χ1) is 7.15. The van der Waals surface area contributed by atoms with Crippen LogP contribution in [0.1, 0.15) is 22.8 Å². The standard InChI is InChI=1S/C12H14FNO/c1-9(15)12-6-5-11(13)8-10(12)4-3-7-14-2/h3-6,8,14H,7H2,1-2H3. The van der Waals surface area contributed by atoms with Gasteiger partial charge >= 0.3 is 0 Å². The molecule has 1 N–H and O–H groups in total. The van der Waals surface area contributed by atoms with Crippen molar-refractivity contribution < 1.29 is 9.18 Å². The van der Waals surface area contributed by atoms with Crippen LogP contribution in [0.5, 0.6) is 0 Å². The molecule has 1 rings (SSSR count).